The van der Waals surface area contributed by atoms with Gasteiger partial charge in [0.05, 0.1) is 28.7 Å². The summed E-state index contributed by atoms with van der Waals surface area (Å²) < 4.78 is 16.1. The number of unbranched alkanes of at least 4 members (excludes halogenated alkanes) is 1. The zero-order valence-corrected chi connectivity index (χ0v) is 23.3. The van der Waals surface area contributed by atoms with Gasteiger partial charge in [0.25, 0.3) is 11.1 Å². The third-order valence-corrected chi connectivity index (χ3v) is 6.55. The number of nitrogens with one attached hydrogen (secondary N) is 1. The molecule has 0 aliphatic carbocycles. The molecule has 212 valence electrons. The Morgan fingerprint density at radius 3 is 2.60 bits per heavy atom. The van der Waals surface area contributed by atoms with Gasteiger partial charge >= 0.3 is 11.9 Å². The third-order valence-electron chi connectivity index (χ3n) is 5.31. The van der Waals surface area contributed by atoms with Crippen LogP contribution in [0.3, 0.4) is 0 Å². The molecule has 0 radical (unpaired) electrons. The van der Waals surface area contributed by atoms with Gasteiger partial charge in [-0.05, 0) is 55.4 Å². The lowest BCUT2D eigenvalue weighted by Crippen LogP contribution is -2.36. The number of benzene rings is 2. The van der Waals surface area contributed by atoms with Gasteiger partial charge in [0.1, 0.15) is 6.54 Å². The Morgan fingerprint density at radius 1 is 1.12 bits per heavy atom. The van der Waals surface area contributed by atoms with Gasteiger partial charge in [0.15, 0.2) is 18.1 Å². The van der Waals surface area contributed by atoms with Crippen molar-refractivity contribution in [1.29, 1.82) is 0 Å². The van der Waals surface area contributed by atoms with Gasteiger partial charge in [-0.15, -0.1) is 0 Å². The number of carboxylic acid groups (broad SMARTS) is 1. The Kier molecular flexibility index (Phi) is 11.0. The molecule has 0 unspecified atom stereocenters. The van der Waals surface area contributed by atoms with Crippen LogP contribution in [0.1, 0.15) is 42.6 Å². The number of hydrogen-bond donors (Lipinski definition) is 2. The van der Waals surface area contributed by atoms with Gasteiger partial charge in [-0.2, -0.15) is 0 Å². The molecule has 0 atom stereocenters. The summed E-state index contributed by atoms with van der Waals surface area (Å²) in [4.78, 5) is 62.4. The lowest BCUT2D eigenvalue weighted by molar-refractivity contribution is -0.139. The van der Waals surface area contributed by atoms with Crippen LogP contribution in [0.4, 0.5) is 10.5 Å². The van der Waals surface area contributed by atoms with Crippen molar-refractivity contribution >= 4 is 64.1 Å². The molecule has 1 heterocycles. The first-order chi connectivity index (χ1) is 19.1. The van der Waals surface area contributed by atoms with Crippen LogP contribution in [0.15, 0.2) is 41.3 Å². The highest BCUT2D eigenvalue weighted by atomic mass is 35.5. The van der Waals surface area contributed by atoms with Crippen molar-refractivity contribution in [3.05, 3.63) is 57.5 Å². The van der Waals surface area contributed by atoms with Crippen molar-refractivity contribution < 1.29 is 43.3 Å². The fourth-order valence-electron chi connectivity index (χ4n) is 3.47. The number of thioether (sulfide) groups is 1. The van der Waals surface area contributed by atoms with Gasteiger partial charge in [-0.25, -0.2) is 9.59 Å². The number of rotatable bonds is 13. The molecule has 1 aliphatic heterocycles. The SMILES string of the molecule is CCCCOC(=O)c1cc(NC(=O)CN2C(=O)S/C(=C\c3cccc(OCC)c3OCC(=O)O)C2=O)ccc1Cl. The van der Waals surface area contributed by atoms with Crippen LogP contribution in [0.2, 0.25) is 5.02 Å². The van der Waals surface area contributed by atoms with E-state index in [4.69, 9.17) is 30.9 Å². The Hall–Kier alpha value is -4.03. The molecule has 13 heteroatoms. The van der Waals surface area contributed by atoms with Crippen LogP contribution in [0.5, 0.6) is 11.5 Å². The highest BCUT2D eigenvalue weighted by Crippen LogP contribution is 2.37. The smallest absolute Gasteiger partial charge is 0.341 e. The minimum atomic E-state index is -1.20. The number of carboxylic acids is 1. The van der Waals surface area contributed by atoms with Crippen molar-refractivity contribution in [3.63, 3.8) is 0 Å². The van der Waals surface area contributed by atoms with E-state index >= 15 is 0 Å². The maximum Gasteiger partial charge on any atom is 0.341 e. The van der Waals surface area contributed by atoms with Crippen molar-refractivity contribution in [2.24, 2.45) is 0 Å². The van der Waals surface area contributed by atoms with E-state index in [0.717, 1.165) is 11.3 Å². The predicted octanol–water partition coefficient (Wildman–Crippen LogP) is 4.83. The van der Waals surface area contributed by atoms with Gasteiger partial charge in [-0.1, -0.05) is 37.1 Å². The predicted molar refractivity (Wildman–Crippen MR) is 149 cm³/mol. The number of amides is 3. The van der Waals surface area contributed by atoms with E-state index < -0.39 is 42.1 Å². The molecule has 3 rings (SSSR count). The molecule has 0 spiro atoms. The van der Waals surface area contributed by atoms with Gasteiger partial charge in [0.2, 0.25) is 5.91 Å². The Balaban J connectivity index is 1.73. The molecule has 0 aromatic heterocycles. The monoisotopic (exact) mass is 590 g/mol. The van der Waals surface area contributed by atoms with Gasteiger partial charge in [0, 0.05) is 11.3 Å². The Bertz CT molecular complexity index is 1350. The van der Waals surface area contributed by atoms with Crippen LogP contribution >= 0.6 is 23.4 Å². The van der Waals surface area contributed by atoms with E-state index in [0.29, 0.717) is 23.7 Å². The standard InChI is InChI=1S/C27H27ClN2O9S/c1-3-5-11-38-26(35)18-13-17(9-10-19(18)28)29-22(31)14-30-25(34)21(40-27(30)36)12-16-7-6-8-20(37-4-2)24(16)39-15-23(32)33/h6-10,12-13H,3-5,11,14-15H2,1-2H3,(H,29,31)(H,32,33)/b21-12-. The lowest BCUT2D eigenvalue weighted by atomic mass is 10.1. The van der Waals surface area contributed by atoms with Crippen molar-refractivity contribution in [2.75, 3.05) is 31.7 Å². The fraction of sp³-hybridized carbons (Fsp3) is 0.296. The molecular formula is C27H27ClN2O9S. The van der Waals surface area contributed by atoms with E-state index in [1.807, 2.05) is 6.92 Å². The first-order valence-electron chi connectivity index (χ1n) is 12.3. The third kappa shape index (κ3) is 7.99. The first kappa shape index (κ1) is 30.5. The van der Waals surface area contributed by atoms with Crippen molar-refractivity contribution in [2.45, 2.75) is 26.7 Å². The Labute approximate surface area is 239 Å². The molecule has 11 nitrogen and oxygen atoms in total. The van der Waals surface area contributed by atoms with Crippen LogP contribution < -0.4 is 14.8 Å². The number of esters is 1. The minimum absolute atomic E-state index is 0.00947. The molecule has 3 amide bonds. The zero-order valence-electron chi connectivity index (χ0n) is 21.7. The number of carbonyl (C=O) groups is 5. The number of imide groups is 1. The van der Waals surface area contributed by atoms with Crippen molar-refractivity contribution in [3.8, 4) is 11.5 Å². The maximum absolute atomic E-state index is 13.0. The highest BCUT2D eigenvalue weighted by Gasteiger charge is 2.36. The summed E-state index contributed by atoms with van der Waals surface area (Å²) in [5, 5.41) is 11.0. The summed E-state index contributed by atoms with van der Waals surface area (Å²) >= 11 is 6.73. The summed E-state index contributed by atoms with van der Waals surface area (Å²) in [5.41, 5.74) is 0.619. The topological polar surface area (TPSA) is 149 Å². The quantitative estimate of drug-likeness (QED) is 0.189. The summed E-state index contributed by atoms with van der Waals surface area (Å²) in [5.74, 6) is -2.86. The summed E-state index contributed by atoms with van der Waals surface area (Å²) in [6.07, 6.45) is 2.92. The van der Waals surface area contributed by atoms with E-state index in [2.05, 4.69) is 5.32 Å². The molecule has 0 bridgehead atoms. The zero-order chi connectivity index (χ0) is 29.2. The highest BCUT2D eigenvalue weighted by molar-refractivity contribution is 8.18. The minimum Gasteiger partial charge on any atom is -0.490 e. The molecule has 1 fully saturated rings. The molecule has 2 N–H and O–H groups in total. The molecular weight excluding hydrogens is 564 g/mol. The first-order valence-corrected chi connectivity index (χ1v) is 13.5. The maximum atomic E-state index is 13.0. The molecule has 40 heavy (non-hydrogen) atoms. The second-order valence-electron chi connectivity index (χ2n) is 8.29. The molecule has 2 aromatic carbocycles. The largest absolute Gasteiger partial charge is 0.490 e. The fourth-order valence-corrected chi connectivity index (χ4v) is 4.50. The summed E-state index contributed by atoms with van der Waals surface area (Å²) in [7, 11) is 0. The van der Waals surface area contributed by atoms with Crippen LogP contribution in [0.25, 0.3) is 6.08 Å². The number of para-hydroxylation sites is 1. The Morgan fingerprint density at radius 2 is 1.90 bits per heavy atom. The summed E-state index contributed by atoms with van der Waals surface area (Å²) in [6, 6.07) is 9.04. The summed E-state index contributed by atoms with van der Waals surface area (Å²) in [6.45, 7) is 3.00. The van der Waals surface area contributed by atoms with Gasteiger partial charge < -0.3 is 24.6 Å². The number of hydrogen-bond acceptors (Lipinski definition) is 9. The van der Waals surface area contributed by atoms with Crippen LogP contribution in [-0.4, -0.2) is 65.4 Å². The number of carbonyl (C=O) groups excluding carboxylic acids is 4. The normalized spacial score (nSPS) is 13.9. The van der Waals surface area contributed by atoms with E-state index in [1.165, 1.54) is 24.3 Å². The molecule has 1 saturated heterocycles. The molecule has 2 aromatic rings. The van der Waals surface area contributed by atoms with E-state index in [1.54, 1.807) is 25.1 Å². The molecule has 1 aliphatic rings. The van der Waals surface area contributed by atoms with E-state index in [-0.39, 0.29) is 45.9 Å². The number of halogens is 1. The number of anilines is 1. The van der Waals surface area contributed by atoms with E-state index in [9.17, 15) is 24.0 Å². The van der Waals surface area contributed by atoms with Gasteiger partial charge in [-0.3, -0.25) is 19.3 Å². The second-order valence-corrected chi connectivity index (χ2v) is 9.69. The average Bonchev–Trinajstić information content (AvgIpc) is 3.16. The van der Waals surface area contributed by atoms with Crippen LogP contribution in [-0.2, 0) is 19.1 Å². The average molecular weight is 591 g/mol. The number of aliphatic carboxylic acids is 1. The number of ether oxygens (including phenoxy) is 3. The van der Waals surface area contributed by atoms with Crippen molar-refractivity contribution in [1.82, 2.24) is 4.90 Å². The lowest BCUT2D eigenvalue weighted by Gasteiger charge is -2.14. The molecule has 0 saturated carbocycles. The number of nitrogens with zero attached hydrogens (tertiary/aromatic N) is 1. The van der Waals surface area contributed by atoms with Crippen LogP contribution in [0, 0.1) is 0 Å². The second kappa shape index (κ2) is 14.4.